The second-order valence-electron chi connectivity index (χ2n) is 8.65. The Morgan fingerprint density at radius 1 is 1.19 bits per heavy atom. The molecule has 3 heteroatoms. The highest BCUT2D eigenvalue weighted by Gasteiger charge is 2.39. The van der Waals surface area contributed by atoms with Gasteiger partial charge in [0.1, 0.15) is 0 Å². The van der Waals surface area contributed by atoms with Crippen molar-refractivity contribution in [3.8, 4) is 0 Å². The van der Waals surface area contributed by atoms with Crippen molar-refractivity contribution >= 4 is 33.9 Å². The third-order valence-electron chi connectivity index (χ3n) is 5.08. The summed E-state index contributed by atoms with van der Waals surface area (Å²) in [5, 5.41) is 4.04. The molecule has 1 atom stereocenters. The molecule has 0 bridgehead atoms. The van der Waals surface area contributed by atoms with Crippen LogP contribution in [0.3, 0.4) is 0 Å². The lowest BCUT2D eigenvalue weighted by atomic mass is 9.63. The summed E-state index contributed by atoms with van der Waals surface area (Å²) in [4.78, 5) is 1.64. The zero-order valence-corrected chi connectivity index (χ0v) is 16.7. The summed E-state index contributed by atoms with van der Waals surface area (Å²) in [5.74, 6) is 0. The molecule has 0 spiro atoms. The Labute approximate surface area is 147 Å². The molecule has 0 aliphatic heterocycles. The van der Waals surface area contributed by atoms with Crippen molar-refractivity contribution in [2.45, 2.75) is 78.3 Å². The molecular weight excluding hydrogens is 389 g/mol. The van der Waals surface area contributed by atoms with Crippen LogP contribution in [0.5, 0.6) is 0 Å². The molecule has 1 aromatic heterocycles. The SMILES string of the molecule is CC1(C)CC(NC2CCCc3sc(I)cc32)CC(C)(C)C1. The minimum absolute atomic E-state index is 0.472. The summed E-state index contributed by atoms with van der Waals surface area (Å²) in [7, 11) is 0. The van der Waals surface area contributed by atoms with Gasteiger partial charge in [-0.3, -0.25) is 0 Å². The van der Waals surface area contributed by atoms with Crippen LogP contribution >= 0.6 is 33.9 Å². The first-order valence-electron chi connectivity index (χ1n) is 8.28. The topological polar surface area (TPSA) is 12.0 Å². The van der Waals surface area contributed by atoms with Gasteiger partial charge in [0, 0.05) is 17.0 Å². The fourth-order valence-corrected chi connectivity index (χ4v) is 7.06. The zero-order valence-electron chi connectivity index (χ0n) is 13.8. The fraction of sp³-hybridized carbons (Fsp3) is 0.778. The van der Waals surface area contributed by atoms with Gasteiger partial charge < -0.3 is 5.32 Å². The normalized spacial score (nSPS) is 28.3. The second-order valence-corrected chi connectivity index (χ2v) is 11.7. The number of rotatable bonds is 2. The predicted molar refractivity (Wildman–Crippen MR) is 101 cm³/mol. The van der Waals surface area contributed by atoms with Crippen molar-refractivity contribution in [3.05, 3.63) is 19.4 Å². The summed E-state index contributed by atoms with van der Waals surface area (Å²) in [6.45, 7) is 9.79. The van der Waals surface area contributed by atoms with E-state index in [0.29, 0.717) is 22.9 Å². The molecule has 1 heterocycles. The van der Waals surface area contributed by atoms with E-state index in [4.69, 9.17) is 0 Å². The first kappa shape index (κ1) is 16.3. The Balaban J connectivity index is 1.75. The predicted octanol–water partition coefficient (Wildman–Crippen LogP) is 5.92. The molecule has 0 aromatic carbocycles. The zero-order chi connectivity index (χ0) is 15.3. The maximum absolute atomic E-state index is 4.04. The second kappa shape index (κ2) is 5.79. The smallest absolute Gasteiger partial charge is 0.0659 e. The average Bonchev–Trinajstić information content (AvgIpc) is 2.66. The molecule has 1 aromatic rings. The summed E-state index contributed by atoms with van der Waals surface area (Å²) in [5.41, 5.74) is 2.55. The van der Waals surface area contributed by atoms with Gasteiger partial charge in [0.25, 0.3) is 0 Å². The standard InChI is InChI=1S/C18H28INS/c1-17(2)9-12(10-18(3,4)11-17)20-14-6-5-7-15-13(14)8-16(19)21-15/h8,12,14,20H,5-7,9-11H2,1-4H3. The third-order valence-corrected chi connectivity index (χ3v) is 7.05. The maximum atomic E-state index is 4.04. The molecule has 1 saturated carbocycles. The molecular formula is C18H28INS. The Morgan fingerprint density at radius 2 is 1.86 bits per heavy atom. The van der Waals surface area contributed by atoms with Crippen LogP contribution in [0.1, 0.15) is 76.3 Å². The molecule has 1 fully saturated rings. The van der Waals surface area contributed by atoms with Crippen molar-refractivity contribution in [2.24, 2.45) is 10.8 Å². The van der Waals surface area contributed by atoms with E-state index >= 15 is 0 Å². The van der Waals surface area contributed by atoms with Gasteiger partial charge in [-0.1, -0.05) is 27.7 Å². The van der Waals surface area contributed by atoms with Crippen molar-refractivity contribution in [1.29, 1.82) is 0 Å². The summed E-state index contributed by atoms with van der Waals surface area (Å²) in [6, 6.07) is 3.71. The summed E-state index contributed by atoms with van der Waals surface area (Å²) in [6.07, 6.45) is 7.96. The van der Waals surface area contributed by atoms with Gasteiger partial charge in [-0.05, 0) is 83.6 Å². The van der Waals surface area contributed by atoms with Crippen LogP contribution in [0.2, 0.25) is 0 Å². The van der Waals surface area contributed by atoms with E-state index in [1.165, 1.54) is 41.4 Å². The number of fused-ring (bicyclic) bond motifs is 1. The van der Waals surface area contributed by atoms with Crippen LogP contribution < -0.4 is 5.32 Å². The summed E-state index contributed by atoms with van der Waals surface area (Å²) < 4.78 is 1.45. The van der Waals surface area contributed by atoms with E-state index in [-0.39, 0.29) is 0 Å². The van der Waals surface area contributed by atoms with Crippen molar-refractivity contribution in [3.63, 3.8) is 0 Å². The van der Waals surface area contributed by atoms with Gasteiger partial charge in [-0.15, -0.1) is 11.3 Å². The Bertz CT molecular complexity index is 501. The minimum Gasteiger partial charge on any atom is -0.307 e. The summed E-state index contributed by atoms with van der Waals surface area (Å²) >= 11 is 4.49. The number of hydrogen-bond acceptors (Lipinski definition) is 2. The molecule has 1 unspecified atom stereocenters. The van der Waals surface area contributed by atoms with E-state index < -0.39 is 0 Å². The monoisotopic (exact) mass is 417 g/mol. The first-order chi connectivity index (χ1) is 9.74. The lowest BCUT2D eigenvalue weighted by Crippen LogP contribution is -2.45. The van der Waals surface area contributed by atoms with E-state index in [0.717, 1.165) is 0 Å². The number of nitrogens with one attached hydrogen (secondary N) is 1. The molecule has 2 aliphatic carbocycles. The molecule has 1 nitrogen and oxygen atoms in total. The lowest BCUT2D eigenvalue weighted by molar-refractivity contribution is 0.0791. The van der Waals surface area contributed by atoms with Crippen LogP contribution in [0, 0.1) is 13.7 Å². The van der Waals surface area contributed by atoms with Gasteiger partial charge in [0.05, 0.1) is 2.88 Å². The quantitative estimate of drug-likeness (QED) is 0.589. The highest BCUT2D eigenvalue weighted by Crippen LogP contribution is 2.47. The Morgan fingerprint density at radius 3 is 2.52 bits per heavy atom. The average molecular weight is 417 g/mol. The molecule has 0 amide bonds. The molecule has 118 valence electrons. The first-order valence-corrected chi connectivity index (χ1v) is 10.2. The molecule has 21 heavy (non-hydrogen) atoms. The lowest BCUT2D eigenvalue weighted by Gasteiger charge is -2.46. The fourth-order valence-electron chi connectivity index (χ4n) is 4.94. The molecule has 0 saturated heterocycles. The van der Waals surface area contributed by atoms with Gasteiger partial charge in [0.2, 0.25) is 0 Å². The van der Waals surface area contributed by atoms with Crippen molar-refractivity contribution in [2.75, 3.05) is 0 Å². The number of hydrogen-bond donors (Lipinski definition) is 1. The van der Waals surface area contributed by atoms with Crippen LogP contribution in [0.4, 0.5) is 0 Å². The van der Waals surface area contributed by atoms with Gasteiger partial charge in [-0.25, -0.2) is 0 Å². The van der Waals surface area contributed by atoms with Gasteiger partial charge >= 0.3 is 0 Å². The van der Waals surface area contributed by atoms with Crippen LogP contribution in [-0.2, 0) is 6.42 Å². The molecule has 3 rings (SSSR count). The Hall–Kier alpha value is 0.390. The molecule has 1 N–H and O–H groups in total. The maximum Gasteiger partial charge on any atom is 0.0659 e. The van der Waals surface area contributed by atoms with E-state index in [9.17, 15) is 0 Å². The highest BCUT2D eigenvalue weighted by molar-refractivity contribution is 14.1. The third kappa shape index (κ3) is 3.84. The van der Waals surface area contributed by atoms with Crippen LogP contribution in [0.25, 0.3) is 0 Å². The molecule has 0 radical (unpaired) electrons. The van der Waals surface area contributed by atoms with Crippen LogP contribution in [0.15, 0.2) is 6.07 Å². The Kier molecular flexibility index (Phi) is 4.48. The molecule has 2 aliphatic rings. The van der Waals surface area contributed by atoms with Crippen LogP contribution in [-0.4, -0.2) is 6.04 Å². The van der Waals surface area contributed by atoms with E-state index in [1.54, 1.807) is 10.4 Å². The largest absolute Gasteiger partial charge is 0.307 e. The van der Waals surface area contributed by atoms with Gasteiger partial charge in [0.15, 0.2) is 0 Å². The van der Waals surface area contributed by atoms with Crippen molar-refractivity contribution < 1.29 is 0 Å². The van der Waals surface area contributed by atoms with E-state index in [1.807, 2.05) is 11.3 Å². The number of thiophene rings is 1. The van der Waals surface area contributed by atoms with Crippen molar-refractivity contribution in [1.82, 2.24) is 5.32 Å². The van der Waals surface area contributed by atoms with E-state index in [2.05, 4.69) is 61.7 Å². The number of halogens is 1. The highest BCUT2D eigenvalue weighted by atomic mass is 127. The van der Waals surface area contributed by atoms with Gasteiger partial charge in [-0.2, -0.15) is 0 Å². The number of aryl methyl sites for hydroxylation is 1. The minimum atomic E-state index is 0.472.